The molecule has 1 saturated heterocycles. The quantitative estimate of drug-likeness (QED) is 0.631. The molecule has 0 amide bonds. The van der Waals surface area contributed by atoms with Gasteiger partial charge in [-0.05, 0) is 32.4 Å². The van der Waals surface area contributed by atoms with Crippen LogP contribution in [-0.4, -0.2) is 37.2 Å². The van der Waals surface area contributed by atoms with E-state index < -0.39 is 5.92 Å². The molecule has 0 spiro atoms. The van der Waals surface area contributed by atoms with Crippen molar-refractivity contribution in [3.05, 3.63) is 0 Å². The summed E-state index contributed by atoms with van der Waals surface area (Å²) in [7, 11) is 1.92. The van der Waals surface area contributed by atoms with Crippen molar-refractivity contribution in [1.29, 1.82) is 0 Å². The summed E-state index contributed by atoms with van der Waals surface area (Å²) in [5.74, 6) is -3.15. The predicted molar refractivity (Wildman–Crippen MR) is 45.8 cm³/mol. The molecule has 1 heterocycles. The molecule has 2 nitrogen and oxygen atoms in total. The summed E-state index contributed by atoms with van der Waals surface area (Å²) in [5, 5.41) is 0. The SMILES string of the molecule is CN1CCCC(CC(F)(F)C=O)C1. The molecule has 1 unspecified atom stereocenters. The summed E-state index contributed by atoms with van der Waals surface area (Å²) in [6, 6.07) is 0. The third-order valence-corrected chi connectivity index (χ3v) is 2.46. The van der Waals surface area contributed by atoms with Gasteiger partial charge in [0.1, 0.15) is 0 Å². The Morgan fingerprint density at radius 1 is 1.62 bits per heavy atom. The van der Waals surface area contributed by atoms with Gasteiger partial charge in [-0.2, -0.15) is 8.78 Å². The van der Waals surface area contributed by atoms with Crippen LogP contribution in [0, 0.1) is 5.92 Å². The van der Waals surface area contributed by atoms with E-state index in [9.17, 15) is 13.6 Å². The molecule has 0 radical (unpaired) electrons. The fourth-order valence-corrected chi connectivity index (χ4v) is 1.87. The second kappa shape index (κ2) is 4.13. The standard InChI is InChI=1S/C9H15F2NO/c1-12-4-2-3-8(6-12)5-9(10,11)7-13/h7-8H,2-6H2,1H3. The highest BCUT2D eigenvalue weighted by Gasteiger charge is 2.33. The van der Waals surface area contributed by atoms with E-state index >= 15 is 0 Å². The van der Waals surface area contributed by atoms with Gasteiger partial charge in [0.15, 0.2) is 6.29 Å². The number of carbonyl (C=O) groups excluding carboxylic acids is 1. The minimum atomic E-state index is -3.12. The van der Waals surface area contributed by atoms with E-state index in [0.717, 1.165) is 19.4 Å². The van der Waals surface area contributed by atoms with Crippen LogP contribution in [0.3, 0.4) is 0 Å². The molecule has 0 aromatic rings. The van der Waals surface area contributed by atoms with Crippen molar-refractivity contribution in [2.24, 2.45) is 5.92 Å². The number of hydrogen-bond donors (Lipinski definition) is 0. The Kier molecular flexibility index (Phi) is 3.36. The third kappa shape index (κ3) is 3.38. The molecule has 1 aliphatic heterocycles. The Morgan fingerprint density at radius 2 is 2.31 bits per heavy atom. The smallest absolute Gasteiger partial charge is 0.302 e. The lowest BCUT2D eigenvalue weighted by atomic mass is 9.92. The monoisotopic (exact) mass is 191 g/mol. The molecule has 0 bridgehead atoms. The lowest BCUT2D eigenvalue weighted by Crippen LogP contribution is -2.35. The molecule has 0 saturated carbocycles. The zero-order valence-electron chi connectivity index (χ0n) is 7.80. The molecule has 0 N–H and O–H groups in total. The number of aldehydes is 1. The molecule has 0 aromatic carbocycles. The van der Waals surface area contributed by atoms with E-state index in [4.69, 9.17) is 0 Å². The second-order valence-electron chi connectivity index (χ2n) is 3.85. The summed E-state index contributed by atoms with van der Waals surface area (Å²) in [4.78, 5) is 12.1. The Hall–Kier alpha value is -0.510. The zero-order valence-corrected chi connectivity index (χ0v) is 7.80. The largest absolute Gasteiger partial charge is 0.306 e. The van der Waals surface area contributed by atoms with Gasteiger partial charge in [-0.1, -0.05) is 0 Å². The number of nitrogens with zero attached hydrogens (tertiary/aromatic N) is 1. The summed E-state index contributed by atoms with van der Waals surface area (Å²) >= 11 is 0. The van der Waals surface area contributed by atoms with Crippen molar-refractivity contribution in [3.8, 4) is 0 Å². The Balaban J connectivity index is 2.39. The Bertz CT molecular complexity index is 184. The molecular weight excluding hydrogens is 176 g/mol. The van der Waals surface area contributed by atoms with Gasteiger partial charge in [-0.3, -0.25) is 4.79 Å². The molecular formula is C9H15F2NO. The van der Waals surface area contributed by atoms with Crippen LogP contribution in [0.5, 0.6) is 0 Å². The van der Waals surface area contributed by atoms with E-state index in [1.807, 2.05) is 11.9 Å². The van der Waals surface area contributed by atoms with Crippen LogP contribution in [0.4, 0.5) is 8.78 Å². The fraction of sp³-hybridized carbons (Fsp3) is 0.889. The van der Waals surface area contributed by atoms with Crippen molar-refractivity contribution < 1.29 is 13.6 Å². The van der Waals surface area contributed by atoms with Crippen molar-refractivity contribution in [2.45, 2.75) is 25.2 Å². The molecule has 1 fully saturated rings. The summed E-state index contributed by atoms with van der Waals surface area (Å²) < 4.78 is 25.4. The Morgan fingerprint density at radius 3 is 2.85 bits per heavy atom. The fourth-order valence-electron chi connectivity index (χ4n) is 1.87. The van der Waals surface area contributed by atoms with E-state index in [2.05, 4.69) is 0 Å². The van der Waals surface area contributed by atoms with Crippen molar-refractivity contribution >= 4 is 6.29 Å². The van der Waals surface area contributed by atoms with Gasteiger partial charge in [-0.15, -0.1) is 0 Å². The topological polar surface area (TPSA) is 20.3 Å². The Labute approximate surface area is 76.9 Å². The van der Waals surface area contributed by atoms with Crippen LogP contribution < -0.4 is 0 Å². The van der Waals surface area contributed by atoms with Crippen LogP contribution in [0.1, 0.15) is 19.3 Å². The number of hydrogen-bond acceptors (Lipinski definition) is 2. The summed E-state index contributed by atoms with van der Waals surface area (Å²) in [6.07, 6.45) is 1.24. The third-order valence-electron chi connectivity index (χ3n) is 2.46. The first-order chi connectivity index (χ1) is 6.03. The van der Waals surface area contributed by atoms with E-state index in [1.54, 1.807) is 0 Å². The van der Waals surface area contributed by atoms with E-state index in [1.165, 1.54) is 0 Å². The molecule has 13 heavy (non-hydrogen) atoms. The van der Waals surface area contributed by atoms with Crippen molar-refractivity contribution in [1.82, 2.24) is 4.90 Å². The number of likely N-dealkylation sites (tertiary alicyclic amines) is 1. The normalized spacial score (nSPS) is 25.9. The lowest BCUT2D eigenvalue weighted by Gasteiger charge is -2.30. The van der Waals surface area contributed by atoms with Crippen LogP contribution in [0.15, 0.2) is 0 Å². The van der Waals surface area contributed by atoms with Crippen LogP contribution in [0.2, 0.25) is 0 Å². The first-order valence-electron chi connectivity index (χ1n) is 4.56. The minimum Gasteiger partial charge on any atom is -0.306 e. The maximum atomic E-state index is 12.7. The van der Waals surface area contributed by atoms with Gasteiger partial charge in [0, 0.05) is 13.0 Å². The first-order valence-corrected chi connectivity index (χ1v) is 4.56. The molecule has 0 aromatic heterocycles. The molecule has 1 atom stereocenters. The molecule has 4 heteroatoms. The second-order valence-corrected chi connectivity index (χ2v) is 3.85. The summed E-state index contributed by atoms with van der Waals surface area (Å²) in [6.45, 7) is 1.66. The zero-order chi connectivity index (χ0) is 9.90. The van der Waals surface area contributed by atoms with Gasteiger partial charge in [-0.25, -0.2) is 0 Å². The first kappa shape index (κ1) is 10.6. The molecule has 0 aliphatic carbocycles. The van der Waals surface area contributed by atoms with Crippen LogP contribution in [0.25, 0.3) is 0 Å². The average Bonchev–Trinajstić information content (AvgIpc) is 2.03. The lowest BCUT2D eigenvalue weighted by molar-refractivity contribution is -0.132. The minimum absolute atomic E-state index is 0.0288. The van der Waals surface area contributed by atoms with Gasteiger partial charge in [0.05, 0.1) is 0 Å². The van der Waals surface area contributed by atoms with E-state index in [0.29, 0.717) is 6.54 Å². The maximum Gasteiger partial charge on any atom is 0.302 e. The highest BCUT2D eigenvalue weighted by molar-refractivity contribution is 5.59. The van der Waals surface area contributed by atoms with Crippen LogP contribution in [-0.2, 0) is 4.79 Å². The van der Waals surface area contributed by atoms with Gasteiger partial charge < -0.3 is 4.90 Å². The van der Waals surface area contributed by atoms with E-state index in [-0.39, 0.29) is 18.6 Å². The number of halogens is 2. The highest BCUT2D eigenvalue weighted by atomic mass is 19.3. The molecule has 76 valence electrons. The van der Waals surface area contributed by atoms with Crippen molar-refractivity contribution in [3.63, 3.8) is 0 Å². The van der Waals surface area contributed by atoms with Gasteiger partial charge in [0.2, 0.25) is 0 Å². The number of carbonyl (C=O) groups is 1. The number of rotatable bonds is 3. The predicted octanol–water partition coefficient (Wildman–Crippen LogP) is 1.55. The summed E-state index contributed by atoms with van der Waals surface area (Å²) in [5.41, 5.74) is 0. The van der Waals surface area contributed by atoms with Crippen molar-refractivity contribution in [2.75, 3.05) is 20.1 Å². The maximum absolute atomic E-state index is 12.7. The average molecular weight is 191 g/mol. The number of alkyl halides is 2. The van der Waals surface area contributed by atoms with Gasteiger partial charge >= 0.3 is 5.92 Å². The molecule has 1 rings (SSSR count). The van der Waals surface area contributed by atoms with Crippen LogP contribution >= 0.6 is 0 Å². The van der Waals surface area contributed by atoms with Gasteiger partial charge in [0.25, 0.3) is 0 Å². The molecule has 1 aliphatic rings. The highest BCUT2D eigenvalue weighted by Crippen LogP contribution is 2.27. The number of piperidine rings is 1.